The summed E-state index contributed by atoms with van der Waals surface area (Å²) in [6.07, 6.45) is 1.93. The molecule has 1 aliphatic carbocycles. The number of carboxylic acids is 1. The number of aliphatic hydroxyl groups is 2. The SMILES string of the molecule is COc1c(O)c2c(O)cc(CO)c3c4c(CO)c5c(c6c7c(c8c(c(c1C(C(C)=O)C(C)=C8)c23)c64)=NC(C)(C)CN=7)NC(C)(C(=O)O)CS5. The lowest BCUT2D eigenvalue weighted by atomic mass is 9.79. The van der Waals surface area contributed by atoms with Gasteiger partial charge in [0.1, 0.15) is 17.1 Å². The first-order valence-corrected chi connectivity index (χ1v) is 17.0. The van der Waals surface area contributed by atoms with Crippen molar-refractivity contribution in [3.63, 3.8) is 0 Å². The van der Waals surface area contributed by atoms with Gasteiger partial charge in [0.15, 0.2) is 11.5 Å². The van der Waals surface area contributed by atoms with Crippen LogP contribution in [0.2, 0.25) is 0 Å². The number of ether oxygens (including phenoxy) is 1. The molecule has 0 saturated carbocycles. The standard InChI is InChI=1S/C37H35N3O8S/c1-13-7-16-21-25-22(20-15(9-41)8-18(44)23-24(20)26(21)27(19(13)14(2)43)33(48-6)32(23)45)17(10-42)34-31(40-37(5,12-49-34)35(46)47)28(25)30-29(16)39-36(3,4)11-38-30/h7-8,19,40-42,44-45H,9-12H2,1-6H3,(H,46,47). The van der Waals surface area contributed by atoms with Gasteiger partial charge in [0.2, 0.25) is 0 Å². The third-order valence-corrected chi connectivity index (χ3v) is 11.8. The summed E-state index contributed by atoms with van der Waals surface area (Å²) in [6.45, 7) is 8.34. The van der Waals surface area contributed by atoms with Gasteiger partial charge in [0, 0.05) is 48.9 Å². The summed E-state index contributed by atoms with van der Waals surface area (Å²) in [5, 5.41) is 64.2. The average Bonchev–Trinajstić information content (AvgIpc) is 3.17. The Labute approximate surface area is 284 Å². The number of methoxy groups -OCH3 is 1. The summed E-state index contributed by atoms with van der Waals surface area (Å²) >= 11 is 1.31. The number of benzene rings is 5. The van der Waals surface area contributed by atoms with Crippen molar-refractivity contribution in [2.45, 2.75) is 69.7 Å². The van der Waals surface area contributed by atoms with Crippen LogP contribution in [0.4, 0.5) is 5.69 Å². The van der Waals surface area contributed by atoms with E-state index in [9.17, 15) is 35.1 Å². The molecule has 0 aromatic heterocycles. The molecule has 2 heterocycles. The molecule has 12 heteroatoms. The van der Waals surface area contributed by atoms with E-state index >= 15 is 0 Å². The fraction of sp³-hybridized carbons (Fsp3) is 0.351. The minimum Gasteiger partial charge on any atom is -0.507 e. The van der Waals surface area contributed by atoms with Crippen LogP contribution in [0.3, 0.4) is 0 Å². The van der Waals surface area contributed by atoms with Gasteiger partial charge in [0.05, 0.1) is 60.1 Å². The molecular formula is C37H35N3O8S. The van der Waals surface area contributed by atoms with Crippen LogP contribution in [0.5, 0.6) is 17.2 Å². The summed E-state index contributed by atoms with van der Waals surface area (Å²) in [7, 11) is 1.40. The maximum Gasteiger partial charge on any atom is 0.329 e. The highest BCUT2D eigenvalue weighted by Gasteiger charge is 2.42. The first-order chi connectivity index (χ1) is 23.2. The number of phenolic OH excluding ortho intramolecular Hbond substituents is 2. The Hall–Kier alpha value is -4.65. The van der Waals surface area contributed by atoms with Crippen LogP contribution in [0.25, 0.3) is 49.2 Å². The van der Waals surface area contributed by atoms with Crippen LogP contribution in [0.1, 0.15) is 62.8 Å². The van der Waals surface area contributed by atoms with E-state index in [4.69, 9.17) is 14.7 Å². The van der Waals surface area contributed by atoms with E-state index in [2.05, 4.69) is 5.32 Å². The Morgan fingerprint density at radius 1 is 1.00 bits per heavy atom. The van der Waals surface area contributed by atoms with Crippen LogP contribution in [-0.4, -0.2) is 67.8 Å². The Kier molecular flexibility index (Phi) is 6.57. The number of ketones is 1. The van der Waals surface area contributed by atoms with E-state index in [0.717, 1.165) is 0 Å². The first kappa shape index (κ1) is 31.6. The lowest BCUT2D eigenvalue weighted by Crippen LogP contribution is -2.48. The van der Waals surface area contributed by atoms with Crippen molar-refractivity contribution in [3.8, 4) is 17.2 Å². The van der Waals surface area contributed by atoms with E-state index in [1.807, 2.05) is 26.8 Å². The zero-order valence-corrected chi connectivity index (χ0v) is 28.6. The molecule has 0 amide bonds. The van der Waals surface area contributed by atoms with E-state index in [1.165, 1.54) is 31.9 Å². The Balaban J connectivity index is 1.85. The van der Waals surface area contributed by atoms with Gasteiger partial charge in [-0.3, -0.25) is 14.8 Å². The molecular weight excluding hydrogens is 646 g/mol. The molecule has 2 aliphatic heterocycles. The number of Topliss-reactive ketones (excluding diaryl/α,β-unsaturated/α-hetero) is 1. The number of fused-ring (bicyclic) bond motifs is 6. The van der Waals surface area contributed by atoms with E-state index in [-0.39, 0.29) is 34.2 Å². The van der Waals surface area contributed by atoms with Gasteiger partial charge >= 0.3 is 5.97 Å². The predicted octanol–water partition coefficient (Wildman–Crippen LogP) is 4.62. The molecule has 0 fully saturated rings. The second kappa shape index (κ2) is 10.2. The van der Waals surface area contributed by atoms with Gasteiger partial charge in [-0.05, 0) is 62.4 Å². The van der Waals surface area contributed by atoms with Crippen molar-refractivity contribution in [1.29, 1.82) is 0 Å². The van der Waals surface area contributed by atoms with Crippen molar-refractivity contribution in [2.75, 3.05) is 24.7 Å². The fourth-order valence-electron chi connectivity index (χ4n) is 8.31. The fourth-order valence-corrected chi connectivity index (χ4v) is 9.57. The summed E-state index contributed by atoms with van der Waals surface area (Å²) < 4.78 is 5.87. The topological polar surface area (TPSA) is 181 Å². The number of aliphatic carboxylic acids is 1. The van der Waals surface area contributed by atoms with Crippen LogP contribution in [0, 0.1) is 0 Å². The predicted molar refractivity (Wildman–Crippen MR) is 188 cm³/mol. The number of nitrogens with zero attached hydrogens (tertiary/aromatic N) is 2. The monoisotopic (exact) mass is 681 g/mol. The number of phenols is 2. The molecule has 0 spiro atoms. The Morgan fingerprint density at radius 2 is 1.71 bits per heavy atom. The van der Waals surface area contributed by atoms with E-state index in [0.29, 0.717) is 93.4 Å². The molecule has 0 bridgehead atoms. The first-order valence-electron chi connectivity index (χ1n) is 16.0. The van der Waals surface area contributed by atoms with Gasteiger partial charge in [-0.1, -0.05) is 11.6 Å². The Morgan fingerprint density at radius 3 is 2.35 bits per heavy atom. The largest absolute Gasteiger partial charge is 0.507 e. The number of hydrogen-bond donors (Lipinski definition) is 6. The highest BCUT2D eigenvalue weighted by Crippen LogP contribution is 2.58. The van der Waals surface area contributed by atoms with Crippen LogP contribution in [0.15, 0.2) is 26.5 Å². The molecule has 2 atom stereocenters. The average molecular weight is 682 g/mol. The molecule has 6 N–H and O–H groups in total. The summed E-state index contributed by atoms with van der Waals surface area (Å²) in [4.78, 5) is 37.3. The number of hydrogen-bond acceptors (Lipinski definition) is 11. The second-order valence-corrected chi connectivity index (χ2v) is 15.2. The van der Waals surface area contributed by atoms with Gasteiger partial charge in [-0.25, -0.2) is 4.79 Å². The molecule has 5 aromatic carbocycles. The molecule has 49 heavy (non-hydrogen) atoms. The smallest absolute Gasteiger partial charge is 0.329 e. The summed E-state index contributed by atoms with van der Waals surface area (Å²) in [5.74, 6) is -2.54. The number of carboxylic acid groups (broad SMARTS) is 1. The normalized spacial score (nSPS) is 20.8. The van der Waals surface area contributed by atoms with Crippen LogP contribution in [-0.2, 0) is 22.8 Å². The van der Waals surface area contributed by atoms with E-state index in [1.54, 1.807) is 6.92 Å². The maximum atomic E-state index is 13.7. The van der Waals surface area contributed by atoms with Crippen molar-refractivity contribution in [3.05, 3.63) is 44.6 Å². The van der Waals surface area contributed by atoms with Crippen molar-refractivity contribution < 1.29 is 39.9 Å². The van der Waals surface area contributed by atoms with Crippen LogP contribution >= 0.6 is 11.8 Å². The van der Waals surface area contributed by atoms with Gasteiger partial charge in [-0.2, -0.15) is 0 Å². The lowest BCUT2D eigenvalue weighted by molar-refractivity contribution is -0.140. The summed E-state index contributed by atoms with van der Waals surface area (Å²) in [5.41, 5.74) is 1.15. The molecule has 3 aliphatic rings. The maximum absolute atomic E-state index is 13.7. The molecule has 252 valence electrons. The lowest BCUT2D eigenvalue weighted by Gasteiger charge is -2.36. The van der Waals surface area contributed by atoms with Gasteiger partial charge < -0.3 is 35.6 Å². The van der Waals surface area contributed by atoms with Crippen molar-refractivity contribution in [1.82, 2.24) is 0 Å². The highest BCUT2D eigenvalue weighted by molar-refractivity contribution is 7.99. The van der Waals surface area contributed by atoms with Gasteiger partial charge in [0.25, 0.3) is 0 Å². The number of carbonyl (C=O) groups is 2. The molecule has 8 rings (SSSR count). The number of rotatable bonds is 5. The summed E-state index contributed by atoms with van der Waals surface area (Å²) in [6, 6.07) is 1.40. The van der Waals surface area contributed by atoms with E-state index < -0.39 is 36.2 Å². The minimum absolute atomic E-state index is 0.0325. The molecule has 0 radical (unpaired) electrons. The second-order valence-electron chi connectivity index (χ2n) is 14.2. The number of thioether (sulfide) groups is 1. The number of anilines is 1. The number of allylic oxidation sites excluding steroid dienone is 1. The Bertz CT molecular complexity index is 2560. The number of carbonyl (C=O) groups excluding carboxylic acids is 1. The third-order valence-electron chi connectivity index (χ3n) is 10.4. The minimum atomic E-state index is -1.36. The number of aromatic hydroxyl groups is 2. The molecule has 11 nitrogen and oxygen atoms in total. The van der Waals surface area contributed by atoms with Crippen molar-refractivity contribution >= 4 is 78.4 Å². The molecule has 2 unspecified atom stereocenters. The molecule has 0 saturated heterocycles. The zero-order valence-electron chi connectivity index (χ0n) is 27.8. The third kappa shape index (κ3) is 3.93. The van der Waals surface area contributed by atoms with Gasteiger partial charge in [-0.15, -0.1) is 11.8 Å². The molecule has 5 aromatic rings. The quantitative estimate of drug-likeness (QED) is 0.113. The van der Waals surface area contributed by atoms with Crippen LogP contribution < -0.4 is 20.8 Å². The van der Waals surface area contributed by atoms with Crippen molar-refractivity contribution in [2.24, 2.45) is 9.98 Å². The highest BCUT2D eigenvalue weighted by atomic mass is 32.2. The number of aliphatic hydroxyl groups excluding tert-OH is 2. The number of nitrogens with one attached hydrogen (secondary N) is 1. The zero-order chi connectivity index (χ0) is 35.1.